The van der Waals surface area contributed by atoms with Crippen molar-refractivity contribution in [2.75, 3.05) is 18.8 Å². The van der Waals surface area contributed by atoms with E-state index in [0.29, 0.717) is 32.5 Å². The predicted molar refractivity (Wildman–Crippen MR) is 91.3 cm³/mol. The van der Waals surface area contributed by atoms with Gasteiger partial charge >= 0.3 is 0 Å². The molecule has 0 saturated carbocycles. The molecule has 2 rings (SSSR count). The normalized spacial score (nSPS) is 19.6. The highest BCUT2D eigenvalue weighted by molar-refractivity contribution is 7.89. The fraction of sp³-hybridized carbons (Fsp3) is 0.588. The van der Waals surface area contributed by atoms with Gasteiger partial charge in [0.2, 0.25) is 15.9 Å². The Hall–Kier alpha value is -1.40. The summed E-state index contributed by atoms with van der Waals surface area (Å²) in [6, 6.07) is 9.96. The molecule has 1 amide bonds. The fourth-order valence-corrected chi connectivity index (χ4v) is 4.03. The number of benzene rings is 1. The molecule has 0 bridgehead atoms. The summed E-state index contributed by atoms with van der Waals surface area (Å²) in [6.45, 7) is 3.61. The highest BCUT2D eigenvalue weighted by atomic mass is 32.2. The van der Waals surface area contributed by atoms with Gasteiger partial charge in [-0.05, 0) is 30.7 Å². The SMILES string of the molecule is CCCS(=O)(=O)NC[C@H]1CCC(=O)N(Cc2ccccc2)CC1. The van der Waals surface area contributed by atoms with Crippen molar-refractivity contribution in [3.8, 4) is 0 Å². The van der Waals surface area contributed by atoms with Gasteiger partial charge < -0.3 is 4.90 Å². The maximum Gasteiger partial charge on any atom is 0.222 e. The highest BCUT2D eigenvalue weighted by Crippen LogP contribution is 2.19. The molecule has 0 spiro atoms. The van der Waals surface area contributed by atoms with Crippen molar-refractivity contribution >= 4 is 15.9 Å². The Balaban J connectivity index is 1.87. The minimum atomic E-state index is -3.17. The molecule has 1 fully saturated rings. The van der Waals surface area contributed by atoms with Gasteiger partial charge in [0.25, 0.3) is 0 Å². The maximum atomic E-state index is 12.3. The molecule has 6 heteroatoms. The third-order valence-electron chi connectivity index (χ3n) is 4.21. The van der Waals surface area contributed by atoms with Crippen LogP contribution in [-0.2, 0) is 21.4 Å². The van der Waals surface area contributed by atoms with Crippen LogP contribution in [0.5, 0.6) is 0 Å². The lowest BCUT2D eigenvalue weighted by Crippen LogP contribution is -2.32. The third kappa shape index (κ3) is 5.95. The number of rotatable bonds is 7. The fourth-order valence-electron chi connectivity index (χ4n) is 2.85. The summed E-state index contributed by atoms with van der Waals surface area (Å²) < 4.78 is 26.2. The first-order valence-electron chi connectivity index (χ1n) is 8.29. The number of hydrogen-bond acceptors (Lipinski definition) is 3. The van der Waals surface area contributed by atoms with Crippen LogP contribution in [0.1, 0.15) is 38.2 Å². The second-order valence-electron chi connectivity index (χ2n) is 6.16. The molecule has 0 radical (unpaired) electrons. The van der Waals surface area contributed by atoms with E-state index in [4.69, 9.17) is 0 Å². The van der Waals surface area contributed by atoms with Crippen molar-refractivity contribution in [1.29, 1.82) is 0 Å². The maximum absolute atomic E-state index is 12.3. The Morgan fingerprint density at radius 1 is 1.22 bits per heavy atom. The first-order valence-corrected chi connectivity index (χ1v) is 9.94. The lowest BCUT2D eigenvalue weighted by atomic mass is 10.0. The van der Waals surface area contributed by atoms with E-state index in [1.54, 1.807) is 0 Å². The average Bonchev–Trinajstić information content (AvgIpc) is 2.69. The van der Waals surface area contributed by atoms with Crippen molar-refractivity contribution in [2.24, 2.45) is 5.92 Å². The second kappa shape index (κ2) is 8.45. The van der Waals surface area contributed by atoms with E-state index in [1.807, 2.05) is 42.2 Å². The van der Waals surface area contributed by atoms with Gasteiger partial charge in [-0.25, -0.2) is 13.1 Å². The van der Waals surface area contributed by atoms with Crippen LogP contribution in [0.15, 0.2) is 30.3 Å². The molecule has 128 valence electrons. The van der Waals surface area contributed by atoms with Gasteiger partial charge in [0, 0.05) is 26.1 Å². The van der Waals surface area contributed by atoms with Crippen LogP contribution in [-0.4, -0.2) is 38.1 Å². The molecule has 1 N–H and O–H groups in total. The van der Waals surface area contributed by atoms with Crippen LogP contribution in [0.3, 0.4) is 0 Å². The van der Waals surface area contributed by atoms with Gasteiger partial charge in [-0.3, -0.25) is 4.79 Å². The van der Waals surface area contributed by atoms with Crippen LogP contribution in [0.2, 0.25) is 0 Å². The number of carbonyl (C=O) groups excluding carboxylic acids is 1. The number of hydrogen-bond donors (Lipinski definition) is 1. The van der Waals surface area contributed by atoms with Crippen LogP contribution in [0.25, 0.3) is 0 Å². The second-order valence-corrected chi connectivity index (χ2v) is 8.09. The van der Waals surface area contributed by atoms with E-state index in [2.05, 4.69) is 4.72 Å². The summed E-state index contributed by atoms with van der Waals surface area (Å²) in [5, 5.41) is 0. The largest absolute Gasteiger partial charge is 0.338 e. The summed E-state index contributed by atoms with van der Waals surface area (Å²) >= 11 is 0. The van der Waals surface area contributed by atoms with E-state index in [1.165, 1.54) is 0 Å². The topological polar surface area (TPSA) is 66.5 Å². The first-order chi connectivity index (χ1) is 11.0. The van der Waals surface area contributed by atoms with Crippen molar-refractivity contribution < 1.29 is 13.2 Å². The predicted octanol–water partition coefficient (Wildman–Crippen LogP) is 2.14. The molecule has 1 atom stereocenters. The number of likely N-dealkylation sites (tertiary alicyclic amines) is 1. The summed E-state index contributed by atoms with van der Waals surface area (Å²) in [7, 11) is -3.17. The lowest BCUT2D eigenvalue weighted by molar-refractivity contribution is -0.131. The number of nitrogens with one attached hydrogen (secondary N) is 1. The molecule has 1 aromatic carbocycles. The number of sulfonamides is 1. The smallest absolute Gasteiger partial charge is 0.222 e. The highest BCUT2D eigenvalue weighted by Gasteiger charge is 2.23. The molecule has 1 saturated heterocycles. The zero-order chi connectivity index (χ0) is 16.7. The van der Waals surface area contributed by atoms with Crippen molar-refractivity contribution in [3.05, 3.63) is 35.9 Å². The summed E-state index contributed by atoms with van der Waals surface area (Å²) in [5.74, 6) is 0.554. The number of amides is 1. The molecule has 0 aromatic heterocycles. The molecule has 0 aliphatic carbocycles. The first kappa shape index (κ1) is 17.9. The van der Waals surface area contributed by atoms with Gasteiger partial charge in [-0.1, -0.05) is 37.3 Å². The molecule has 1 heterocycles. The standard InChI is InChI=1S/C17H26N2O3S/c1-2-12-23(21,22)18-13-15-8-9-17(20)19(11-10-15)14-16-6-4-3-5-7-16/h3-7,15,18H,2,8-14H2,1H3/t15-/m0/s1. The number of carbonyl (C=O) groups is 1. The van der Waals surface area contributed by atoms with Gasteiger partial charge in [-0.2, -0.15) is 0 Å². The average molecular weight is 338 g/mol. The molecule has 1 aliphatic heterocycles. The number of nitrogens with zero attached hydrogens (tertiary/aromatic N) is 1. The van der Waals surface area contributed by atoms with Crippen LogP contribution < -0.4 is 4.72 Å². The molecule has 5 nitrogen and oxygen atoms in total. The molecule has 23 heavy (non-hydrogen) atoms. The summed E-state index contributed by atoms with van der Waals surface area (Å²) in [6.07, 6.45) is 2.70. The Kier molecular flexibility index (Phi) is 6.59. The summed E-state index contributed by atoms with van der Waals surface area (Å²) in [4.78, 5) is 14.1. The Bertz CT molecular complexity index is 602. The van der Waals surface area contributed by atoms with E-state index in [0.717, 1.165) is 18.4 Å². The quantitative estimate of drug-likeness (QED) is 0.828. The molecule has 0 unspecified atom stereocenters. The molecule has 1 aromatic rings. The molecular formula is C17H26N2O3S. The lowest BCUT2D eigenvalue weighted by Gasteiger charge is -2.21. The summed E-state index contributed by atoms with van der Waals surface area (Å²) in [5.41, 5.74) is 1.13. The van der Waals surface area contributed by atoms with Gasteiger partial charge in [0.15, 0.2) is 0 Å². The zero-order valence-corrected chi connectivity index (χ0v) is 14.5. The minimum Gasteiger partial charge on any atom is -0.338 e. The van der Waals surface area contributed by atoms with Crippen LogP contribution in [0, 0.1) is 5.92 Å². The van der Waals surface area contributed by atoms with Gasteiger partial charge in [-0.15, -0.1) is 0 Å². The Labute approximate surface area is 139 Å². The van der Waals surface area contributed by atoms with E-state index < -0.39 is 10.0 Å². The van der Waals surface area contributed by atoms with Gasteiger partial charge in [0.05, 0.1) is 5.75 Å². The Morgan fingerprint density at radius 3 is 2.65 bits per heavy atom. The molecular weight excluding hydrogens is 312 g/mol. The van der Waals surface area contributed by atoms with Crippen molar-refractivity contribution in [2.45, 2.75) is 39.2 Å². The van der Waals surface area contributed by atoms with Crippen LogP contribution >= 0.6 is 0 Å². The van der Waals surface area contributed by atoms with Crippen LogP contribution in [0.4, 0.5) is 0 Å². The van der Waals surface area contributed by atoms with E-state index >= 15 is 0 Å². The molecule has 1 aliphatic rings. The monoisotopic (exact) mass is 338 g/mol. The van der Waals surface area contributed by atoms with Crippen molar-refractivity contribution in [1.82, 2.24) is 9.62 Å². The van der Waals surface area contributed by atoms with E-state index in [-0.39, 0.29) is 17.6 Å². The van der Waals surface area contributed by atoms with E-state index in [9.17, 15) is 13.2 Å². The van der Waals surface area contributed by atoms with Gasteiger partial charge in [0.1, 0.15) is 0 Å². The minimum absolute atomic E-state index is 0.160. The zero-order valence-electron chi connectivity index (χ0n) is 13.7. The van der Waals surface area contributed by atoms with Crippen molar-refractivity contribution in [3.63, 3.8) is 0 Å². The Morgan fingerprint density at radius 2 is 1.96 bits per heavy atom. The third-order valence-corrected chi connectivity index (χ3v) is 5.76.